The highest BCUT2D eigenvalue weighted by atomic mass is 19.1. The monoisotopic (exact) mass is 220 g/mol. The van der Waals surface area contributed by atoms with Gasteiger partial charge in [0.25, 0.3) is 0 Å². The molecule has 0 radical (unpaired) electrons. The molecule has 0 N–H and O–H groups in total. The van der Waals surface area contributed by atoms with Crippen LogP contribution in [0.2, 0.25) is 0 Å². The zero-order chi connectivity index (χ0) is 12.0. The van der Waals surface area contributed by atoms with Gasteiger partial charge in [0.2, 0.25) is 0 Å². The second kappa shape index (κ2) is 5.92. The number of methoxy groups -OCH3 is 1. The van der Waals surface area contributed by atoms with Crippen molar-refractivity contribution in [3.63, 3.8) is 0 Å². The molecule has 0 saturated carbocycles. The summed E-state index contributed by atoms with van der Waals surface area (Å²) in [6.07, 6.45) is 0.815. The van der Waals surface area contributed by atoms with Crippen molar-refractivity contribution in [2.45, 2.75) is 19.8 Å². The highest BCUT2D eigenvalue weighted by Crippen LogP contribution is 2.18. The first-order valence-electron chi connectivity index (χ1n) is 4.95. The van der Waals surface area contributed by atoms with Crippen LogP contribution in [0.1, 0.15) is 30.1 Å². The number of carbonyl (C=O) groups excluding carboxylic acids is 1. The molecule has 0 aromatic heterocycles. The Hall–Kier alpha value is -1.82. The normalized spacial score (nSPS) is 9.19. The van der Waals surface area contributed by atoms with E-state index >= 15 is 0 Å². The van der Waals surface area contributed by atoms with Crippen LogP contribution < -0.4 is 4.74 Å². The standard InChI is InChI=1S/C13H13FO2/c1-3-4-5-6-12(15)10-7-8-13(16-2)11(14)9-10/h7-9H,5-6H2,1-2H3. The summed E-state index contributed by atoms with van der Waals surface area (Å²) in [7, 11) is 1.39. The van der Waals surface area contributed by atoms with Crippen LogP contribution in [0, 0.1) is 17.7 Å². The minimum absolute atomic E-state index is 0.107. The van der Waals surface area contributed by atoms with Crippen LogP contribution in [0.4, 0.5) is 4.39 Å². The first-order chi connectivity index (χ1) is 7.69. The van der Waals surface area contributed by atoms with Gasteiger partial charge in [-0.15, -0.1) is 11.8 Å². The Morgan fingerprint density at radius 2 is 2.25 bits per heavy atom. The maximum atomic E-state index is 13.3. The molecular formula is C13H13FO2. The van der Waals surface area contributed by atoms with Gasteiger partial charge in [0, 0.05) is 18.4 Å². The molecule has 84 valence electrons. The van der Waals surface area contributed by atoms with E-state index in [1.807, 2.05) is 0 Å². The highest BCUT2D eigenvalue weighted by Gasteiger charge is 2.09. The maximum Gasteiger partial charge on any atom is 0.165 e. The predicted molar refractivity (Wildman–Crippen MR) is 60.0 cm³/mol. The van der Waals surface area contributed by atoms with Crippen molar-refractivity contribution < 1.29 is 13.9 Å². The van der Waals surface area contributed by atoms with Gasteiger partial charge in [-0.25, -0.2) is 4.39 Å². The number of ether oxygens (including phenoxy) is 1. The Morgan fingerprint density at radius 1 is 1.50 bits per heavy atom. The lowest BCUT2D eigenvalue weighted by Crippen LogP contribution is -2.00. The van der Waals surface area contributed by atoms with E-state index in [2.05, 4.69) is 11.8 Å². The van der Waals surface area contributed by atoms with Crippen LogP contribution in [-0.2, 0) is 0 Å². The van der Waals surface area contributed by atoms with Crippen molar-refractivity contribution in [2.75, 3.05) is 7.11 Å². The Labute approximate surface area is 94.4 Å². The van der Waals surface area contributed by atoms with Crippen molar-refractivity contribution in [1.29, 1.82) is 0 Å². The van der Waals surface area contributed by atoms with Gasteiger partial charge in [0.1, 0.15) is 0 Å². The van der Waals surface area contributed by atoms with Crippen LogP contribution in [0.3, 0.4) is 0 Å². The lowest BCUT2D eigenvalue weighted by atomic mass is 10.1. The fourth-order valence-corrected chi connectivity index (χ4v) is 1.29. The molecule has 0 spiro atoms. The van der Waals surface area contributed by atoms with Gasteiger partial charge in [-0.3, -0.25) is 4.79 Å². The van der Waals surface area contributed by atoms with Gasteiger partial charge < -0.3 is 4.74 Å². The van der Waals surface area contributed by atoms with E-state index in [4.69, 9.17) is 4.74 Å². The molecule has 0 bridgehead atoms. The lowest BCUT2D eigenvalue weighted by Gasteiger charge is -2.03. The fourth-order valence-electron chi connectivity index (χ4n) is 1.29. The van der Waals surface area contributed by atoms with Crippen LogP contribution in [0.25, 0.3) is 0 Å². The molecule has 1 aromatic rings. The van der Waals surface area contributed by atoms with Gasteiger partial charge in [-0.2, -0.15) is 0 Å². The number of hydrogen-bond acceptors (Lipinski definition) is 2. The van der Waals surface area contributed by atoms with Gasteiger partial charge >= 0.3 is 0 Å². The number of carbonyl (C=O) groups is 1. The smallest absolute Gasteiger partial charge is 0.165 e. The van der Waals surface area contributed by atoms with Crippen molar-refractivity contribution in [1.82, 2.24) is 0 Å². The summed E-state index contributed by atoms with van der Waals surface area (Å²) in [5, 5.41) is 0. The van der Waals surface area contributed by atoms with Crippen molar-refractivity contribution in [2.24, 2.45) is 0 Å². The molecule has 0 atom stereocenters. The number of Topliss-reactive ketones (excluding diaryl/α,β-unsaturated/α-hetero) is 1. The SMILES string of the molecule is CC#CCCC(=O)c1ccc(OC)c(F)c1. The van der Waals surface area contributed by atoms with E-state index in [0.717, 1.165) is 0 Å². The Morgan fingerprint density at radius 3 is 2.81 bits per heavy atom. The summed E-state index contributed by atoms with van der Waals surface area (Å²) in [4.78, 5) is 11.6. The molecule has 16 heavy (non-hydrogen) atoms. The van der Waals surface area contributed by atoms with Crippen LogP contribution in [-0.4, -0.2) is 12.9 Å². The van der Waals surface area contributed by atoms with E-state index in [1.165, 1.54) is 19.2 Å². The molecule has 0 fully saturated rings. The third kappa shape index (κ3) is 3.09. The second-order valence-corrected chi connectivity index (χ2v) is 3.20. The minimum atomic E-state index is -0.519. The third-order valence-corrected chi connectivity index (χ3v) is 2.13. The predicted octanol–water partition coefficient (Wildman–Crippen LogP) is 2.82. The van der Waals surface area contributed by atoms with Crippen LogP contribution in [0.5, 0.6) is 5.75 Å². The zero-order valence-electron chi connectivity index (χ0n) is 9.34. The van der Waals surface area contributed by atoms with Crippen molar-refractivity contribution in [3.8, 4) is 17.6 Å². The molecule has 0 aliphatic heterocycles. The molecule has 0 heterocycles. The summed E-state index contributed by atoms with van der Waals surface area (Å²) >= 11 is 0. The molecule has 0 aliphatic rings. The van der Waals surface area contributed by atoms with E-state index in [9.17, 15) is 9.18 Å². The van der Waals surface area contributed by atoms with Crippen LogP contribution >= 0.6 is 0 Å². The second-order valence-electron chi connectivity index (χ2n) is 3.20. The van der Waals surface area contributed by atoms with E-state index in [1.54, 1.807) is 13.0 Å². The molecular weight excluding hydrogens is 207 g/mol. The highest BCUT2D eigenvalue weighted by molar-refractivity contribution is 5.96. The van der Waals surface area contributed by atoms with Gasteiger partial charge in [-0.1, -0.05) is 0 Å². The molecule has 0 amide bonds. The largest absolute Gasteiger partial charge is 0.494 e. The van der Waals surface area contributed by atoms with Gasteiger partial charge in [0.05, 0.1) is 7.11 Å². The summed E-state index contributed by atoms with van der Waals surface area (Å²) in [5.41, 5.74) is 0.358. The zero-order valence-corrected chi connectivity index (χ0v) is 9.34. The fraction of sp³-hybridized carbons (Fsp3) is 0.308. The number of rotatable bonds is 4. The van der Waals surface area contributed by atoms with E-state index < -0.39 is 5.82 Å². The van der Waals surface area contributed by atoms with E-state index in [0.29, 0.717) is 18.4 Å². The molecule has 0 saturated heterocycles. The number of benzene rings is 1. The summed E-state index contributed by atoms with van der Waals surface area (Å²) in [5.74, 6) is 5.02. The Balaban J connectivity index is 2.75. The quantitative estimate of drug-likeness (QED) is 0.576. The average molecular weight is 220 g/mol. The number of ketones is 1. The molecule has 0 aliphatic carbocycles. The third-order valence-electron chi connectivity index (χ3n) is 2.13. The van der Waals surface area contributed by atoms with Crippen molar-refractivity contribution >= 4 is 5.78 Å². The topological polar surface area (TPSA) is 26.3 Å². The number of hydrogen-bond donors (Lipinski definition) is 0. The average Bonchev–Trinajstić information content (AvgIpc) is 2.29. The molecule has 0 unspecified atom stereocenters. The summed E-state index contributed by atoms with van der Waals surface area (Å²) < 4.78 is 18.1. The number of halogens is 1. The Kier molecular flexibility index (Phi) is 4.53. The summed E-state index contributed by atoms with van der Waals surface area (Å²) in [6.45, 7) is 1.72. The van der Waals surface area contributed by atoms with Gasteiger partial charge in [-0.05, 0) is 25.1 Å². The van der Waals surface area contributed by atoms with Crippen LogP contribution in [0.15, 0.2) is 18.2 Å². The maximum absolute atomic E-state index is 13.3. The van der Waals surface area contributed by atoms with E-state index in [-0.39, 0.29) is 11.5 Å². The summed E-state index contributed by atoms with van der Waals surface area (Å²) in [6, 6.07) is 4.21. The van der Waals surface area contributed by atoms with Crippen molar-refractivity contribution in [3.05, 3.63) is 29.6 Å². The Bertz CT molecular complexity index is 441. The first-order valence-corrected chi connectivity index (χ1v) is 4.95. The molecule has 1 rings (SSSR count). The minimum Gasteiger partial charge on any atom is -0.494 e. The van der Waals surface area contributed by atoms with Gasteiger partial charge in [0.15, 0.2) is 17.3 Å². The lowest BCUT2D eigenvalue weighted by molar-refractivity contribution is 0.0984. The molecule has 1 aromatic carbocycles. The molecule has 3 heteroatoms. The first kappa shape index (κ1) is 12.3. The molecule has 2 nitrogen and oxygen atoms in total.